The van der Waals surface area contributed by atoms with Crippen LogP contribution >= 0.6 is 34.8 Å². The van der Waals surface area contributed by atoms with Gasteiger partial charge >= 0.3 is 0 Å². The lowest BCUT2D eigenvalue weighted by atomic mass is 9.84. The van der Waals surface area contributed by atoms with Gasteiger partial charge in [0, 0.05) is 16.8 Å². The number of alkyl halides is 2. The lowest BCUT2D eigenvalue weighted by Crippen LogP contribution is -2.41. The van der Waals surface area contributed by atoms with Crippen LogP contribution in [0.4, 0.5) is 0 Å². The van der Waals surface area contributed by atoms with Gasteiger partial charge in [0.2, 0.25) is 5.24 Å². The summed E-state index contributed by atoms with van der Waals surface area (Å²) in [5, 5.41) is 3.09. The minimum Gasteiger partial charge on any atom is -0.303 e. The van der Waals surface area contributed by atoms with E-state index in [0.29, 0.717) is 5.92 Å². The zero-order valence-corrected chi connectivity index (χ0v) is 9.82. The van der Waals surface area contributed by atoms with E-state index in [9.17, 15) is 4.79 Å². The van der Waals surface area contributed by atoms with Crippen molar-refractivity contribution in [3.63, 3.8) is 0 Å². The first-order chi connectivity index (χ1) is 6.58. The van der Waals surface area contributed by atoms with Crippen molar-refractivity contribution in [2.24, 2.45) is 5.92 Å². The number of nitrogens with one attached hydrogen (secondary N) is 1. The average Bonchev–Trinajstić information content (AvgIpc) is 2.47. The smallest absolute Gasteiger partial charge is 0.238 e. The van der Waals surface area contributed by atoms with E-state index in [0.717, 1.165) is 19.3 Å². The van der Waals surface area contributed by atoms with Crippen LogP contribution in [0.2, 0.25) is 0 Å². The van der Waals surface area contributed by atoms with Gasteiger partial charge in [-0.2, -0.15) is 0 Å². The van der Waals surface area contributed by atoms with Gasteiger partial charge in [-0.05, 0) is 36.8 Å². The first-order valence-corrected chi connectivity index (χ1v) is 6.06. The van der Waals surface area contributed by atoms with Crippen molar-refractivity contribution >= 4 is 40.0 Å². The van der Waals surface area contributed by atoms with Gasteiger partial charge in [-0.1, -0.05) is 0 Å². The Hall–Kier alpha value is 0.500. The molecule has 1 N–H and O–H groups in total. The molecule has 0 aromatic rings. The quantitative estimate of drug-likeness (QED) is 0.575. The number of rotatable bonds is 1. The van der Waals surface area contributed by atoms with Gasteiger partial charge in [0.05, 0.1) is 6.04 Å². The second kappa shape index (κ2) is 4.17. The maximum atomic E-state index is 11.0. The molecule has 2 aliphatic rings. The van der Waals surface area contributed by atoms with Crippen molar-refractivity contribution in [3.05, 3.63) is 0 Å². The van der Waals surface area contributed by atoms with E-state index in [1.165, 1.54) is 0 Å². The summed E-state index contributed by atoms with van der Waals surface area (Å²) in [7, 11) is 0. The zero-order valence-electron chi connectivity index (χ0n) is 7.55. The molecule has 0 aromatic heterocycles. The van der Waals surface area contributed by atoms with E-state index in [1.807, 2.05) is 0 Å². The molecule has 2 nitrogen and oxygen atoms in total. The normalized spacial score (nSPS) is 47.5. The minimum atomic E-state index is -0.311. The lowest BCUT2D eigenvalue weighted by molar-refractivity contribution is -0.113. The van der Waals surface area contributed by atoms with Gasteiger partial charge in [0.1, 0.15) is 0 Å². The highest BCUT2D eigenvalue weighted by atomic mass is 35.5. The summed E-state index contributed by atoms with van der Waals surface area (Å²) in [4.78, 5) is 11.0. The molecule has 0 spiro atoms. The number of carbonyl (C=O) groups excluding carboxylic acids is 1. The van der Waals surface area contributed by atoms with Crippen LogP contribution in [-0.2, 0) is 4.79 Å². The number of halogens is 3. The number of carbonyl (C=O) groups is 1. The van der Waals surface area contributed by atoms with Crippen molar-refractivity contribution in [1.29, 1.82) is 0 Å². The molecule has 2 rings (SSSR count). The first-order valence-electron chi connectivity index (χ1n) is 4.81. The van der Waals surface area contributed by atoms with E-state index < -0.39 is 0 Å². The van der Waals surface area contributed by atoms with Crippen molar-refractivity contribution < 1.29 is 4.79 Å². The first kappa shape index (κ1) is 11.0. The van der Waals surface area contributed by atoms with Crippen molar-refractivity contribution in [3.8, 4) is 0 Å². The summed E-state index contributed by atoms with van der Waals surface area (Å²) in [5.74, 6) is 0.347. The lowest BCUT2D eigenvalue weighted by Gasteiger charge is -2.32. The van der Waals surface area contributed by atoms with E-state index in [2.05, 4.69) is 5.32 Å². The Kier molecular flexibility index (Phi) is 3.27. The maximum absolute atomic E-state index is 11.0. The van der Waals surface area contributed by atoms with E-state index in [4.69, 9.17) is 34.8 Å². The second-order valence-corrected chi connectivity index (χ2v) is 5.66. The third-order valence-electron chi connectivity index (χ3n) is 3.17. The predicted molar refractivity (Wildman–Crippen MR) is 58.2 cm³/mol. The Bertz CT molecular complexity index is 248. The molecule has 1 saturated carbocycles. The zero-order chi connectivity index (χ0) is 10.3. The Morgan fingerprint density at radius 3 is 2.57 bits per heavy atom. The number of hydrogen-bond donors (Lipinski definition) is 1. The molecule has 1 saturated heterocycles. The summed E-state index contributed by atoms with van der Waals surface area (Å²) in [6.07, 6.45) is 2.47. The Morgan fingerprint density at radius 2 is 1.93 bits per heavy atom. The fourth-order valence-corrected chi connectivity index (χ4v) is 3.60. The molecular weight excluding hydrogens is 244 g/mol. The summed E-state index contributed by atoms with van der Waals surface area (Å²) >= 11 is 17.7. The highest BCUT2D eigenvalue weighted by molar-refractivity contribution is 6.64. The summed E-state index contributed by atoms with van der Waals surface area (Å²) in [6, 6.07) is 0.0383. The molecule has 80 valence electrons. The second-order valence-electron chi connectivity index (χ2n) is 4.11. The Balaban J connectivity index is 2.05. The van der Waals surface area contributed by atoms with Gasteiger partial charge in [0.25, 0.3) is 0 Å². The van der Waals surface area contributed by atoms with Crippen LogP contribution < -0.4 is 5.32 Å². The number of hydrogen-bond acceptors (Lipinski definition) is 2. The minimum absolute atomic E-state index is 0.0739. The molecule has 0 amide bonds. The number of fused-ring (bicyclic) bond motifs is 1. The average molecular weight is 257 g/mol. The predicted octanol–water partition coefficient (Wildman–Crippen LogP) is 2.11. The fraction of sp³-hybridized carbons (Fsp3) is 0.889. The molecule has 1 aliphatic carbocycles. The van der Waals surface area contributed by atoms with Gasteiger partial charge in [-0.3, -0.25) is 4.79 Å². The van der Waals surface area contributed by atoms with Gasteiger partial charge in [-0.15, -0.1) is 23.2 Å². The van der Waals surface area contributed by atoms with Crippen LogP contribution in [0.3, 0.4) is 0 Å². The largest absolute Gasteiger partial charge is 0.303 e. The molecular formula is C9H12Cl3NO. The molecule has 1 aliphatic heterocycles. The summed E-state index contributed by atoms with van der Waals surface area (Å²) < 4.78 is 0. The van der Waals surface area contributed by atoms with E-state index in [-0.39, 0.29) is 28.1 Å². The van der Waals surface area contributed by atoms with Crippen LogP contribution in [0.5, 0.6) is 0 Å². The van der Waals surface area contributed by atoms with Crippen LogP contribution in [0.15, 0.2) is 0 Å². The summed E-state index contributed by atoms with van der Waals surface area (Å²) in [6.45, 7) is 0. The molecule has 5 unspecified atom stereocenters. The highest BCUT2D eigenvalue weighted by Crippen LogP contribution is 2.38. The highest BCUT2D eigenvalue weighted by Gasteiger charge is 2.44. The molecule has 5 heteroatoms. The van der Waals surface area contributed by atoms with Crippen LogP contribution in [0.25, 0.3) is 0 Å². The van der Waals surface area contributed by atoms with Crippen LogP contribution in [0, 0.1) is 5.92 Å². The van der Waals surface area contributed by atoms with Gasteiger partial charge in [-0.25, -0.2) is 0 Å². The molecule has 5 atom stereocenters. The van der Waals surface area contributed by atoms with Gasteiger partial charge < -0.3 is 5.32 Å². The third-order valence-corrected chi connectivity index (χ3v) is 4.29. The SMILES string of the molecule is O=C(Cl)C1CC2C(Cl)CC(Cl)CC2N1. The van der Waals surface area contributed by atoms with E-state index >= 15 is 0 Å². The fourth-order valence-electron chi connectivity index (χ4n) is 2.48. The topological polar surface area (TPSA) is 29.1 Å². The molecule has 2 fully saturated rings. The molecule has 0 radical (unpaired) electrons. The Labute approximate surface area is 98.3 Å². The molecule has 14 heavy (non-hydrogen) atoms. The molecule has 1 heterocycles. The third kappa shape index (κ3) is 2.04. The summed E-state index contributed by atoms with van der Waals surface area (Å²) in [5.41, 5.74) is 0. The van der Waals surface area contributed by atoms with Crippen molar-refractivity contribution in [2.75, 3.05) is 0 Å². The van der Waals surface area contributed by atoms with Crippen LogP contribution in [-0.4, -0.2) is 28.1 Å². The monoisotopic (exact) mass is 255 g/mol. The van der Waals surface area contributed by atoms with Crippen molar-refractivity contribution in [1.82, 2.24) is 5.32 Å². The van der Waals surface area contributed by atoms with Crippen LogP contribution in [0.1, 0.15) is 19.3 Å². The van der Waals surface area contributed by atoms with Crippen molar-refractivity contribution in [2.45, 2.75) is 42.1 Å². The molecule has 0 bridgehead atoms. The van der Waals surface area contributed by atoms with Gasteiger partial charge in [0.15, 0.2) is 0 Å². The standard InChI is InChI=1S/C9H12Cl3NO/c10-4-1-6(11)5-3-8(9(12)14)13-7(5)2-4/h4-8,13H,1-3H2. The molecule has 0 aromatic carbocycles. The Morgan fingerprint density at radius 1 is 1.21 bits per heavy atom. The van der Waals surface area contributed by atoms with E-state index in [1.54, 1.807) is 0 Å². The maximum Gasteiger partial charge on any atom is 0.238 e.